The normalized spacial score (nSPS) is 11.3. The highest BCUT2D eigenvalue weighted by atomic mass is 32.1. The maximum atomic E-state index is 11.3. The molecule has 2 N–H and O–H groups in total. The molecule has 0 bridgehead atoms. The van der Waals surface area contributed by atoms with E-state index in [2.05, 4.69) is 15.5 Å². The van der Waals surface area contributed by atoms with Gasteiger partial charge in [-0.15, -0.1) is 0 Å². The second-order valence-electron chi connectivity index (χ2n) is 5.84. The lowest BCUT2D eigenvalue weighted by atomic mass is 10.0. The van der Waals surface area contributed by atoms with E-state index in [-0.39, 0.29) is 5.56 Å². The van der Waals surface area contributed by atoms with Crippen LogP contribution in [-0.4, -0.2) is 22.3 Å². The molecule has 0 spiro atoms. The van der Waals surface area contributed by atoms with Crippen molar-refractivity contribution >= 4 is 38.9 Å². The van der Waals surface area contributed by atoms with E-state index in [0.717, 1.165) is 15.8 Å². The fraction of sp³-hybridized carbons (Fsp3) is 0.0500. The topological polar surface area (TPSA) is 87.7 Å². The molecule has 0 saturated heterocycles. The first-order valence-electron chi connectivity index (χ1n) is 8.19. The number of para-hydroxylation sites is 1. The molecular weight excluding hydrogens is 362 g/mol. The van der Waals surface area contributed by atoms with Gasteiger partial charge in [0.1, 0.15) is 11.5 Å². The lowest BCUT2D eigenvalue weighted by Gasteiger charge is -2.05. The number of anilines is 1. The van der Waals surface area contributed by atoms with Crippen LogP contribution in [0.25, 0.3) is 21.5 Å². The first-order valence-corrected chi connectivity index (χ1v) is 9.01. The number of benzene rings is 2. The average Bonchev–Trinajstić information content (AvgIpc) is 3.28. The van der Waals surface area contributed by atoms with Crippen LogP contribution in [0.5, 0.6) is 0 Å². The third kappa shape index (κ3) is 3.45. The van der Waals surface area contributed by atoms with E-state index in [9.17, 15) is 9.90 Å². The number of hydrogen-bond donors (Lipinski definition) is 2. The Kier molecular flexibility index (Phi) is 4.43. The Bertz CT molecular complexity index is 1130. The van der Waals surface area contributed by atoms with Crippen molar-refractivity contribution in [1.29, 1.82) is 0 Å². The SMILES string of the molecule is Cc1c(C(=O)O)cccc1-c1ccc(C=NNc2nc3ccccc3s2)o1. The van der Waals surface area contributed by atoms with Crippen molar-refractivity contribution in [2.75, 3.05) is 5.43 Å². The van der Waals surface area contributed by atoms with E-state index in [0.29, 0.717) is 22.2 Å². The molecule has 0 radical (unpaired) electrons. The highest BCUT2D eigenvalue weighted by molar-refractivity contribution is 7.22. The maximum Gasteiger partial charge on any atom is 0.335 e. The molecule has 0 aliphatic heterocycles. The van der Waals surface area contributed by atoms with Gasteiger partial charge in [0.25, 0.3) is 0 Å². The van der Waals surface area contributed by atoms with Crippen LogP contribution in [0.15, 0.2) is 64.1 Å². The monoisotopic (exact) mass is 377 g/mol. The zero-order chi connectivity index (χ0) is 18.8. The molecule has 7 heteroatoms. The molecule has 0 atom stereocenters. The fourth-order valence-electron chi connectivity index (χ4n) is 2.77. The van der Waals surface area contributed by atoms with Gasteiger partial charge >= 0.3 is 5.97 Å². The number of aromatic carboxylic acids is 1. The molecule has 0 aliphatic rings. The molecular formula is C20H15N3O3S. The van der Waals surface area contributed by atoms with Crippen LogP contribution < -0.4 is 5.43 Å². The van der Waals surface area contributed by atoms with Gasteiger partial charge in [0.2, 0.25) is 5.13 Å². The number of thiazole rings is 1. The van der Waals surface area contributed by atoms with Crippen LogP contribution in [0.1, 0.15) is 21.7 Å². The minimum Gasteiger partial charge on any atom is -0.478 e. The van der Waals surface area contributed by atoms with Gasteiger partial charge in [0.15, 0.2) is 0 Å². The molecule has 0 aliphatic carbocycles. The number of fused-ring (bicyclic) bond motifs is 1. The van der Waals surface area contributed by atoms with Gasteiger partial charge in [-0.05, 0) is 42.8 Å². The first kappa shape index (κ1) is 17.0. The predicted molar refractivity (Wildman–Crippen MR) is 107 cm³/mol. The van der Waals surface area contributed by atoms with Gasteiger partial charge in [0.05, 0.1) is 22.0 Å². The summed E-state index contributed by atoms with van der Waals surface area (Å²) in [5.74, 6) is 0.193. The predicted octanol–water partition coefficient (Wildman–Crippen LogP) is 5.01. The Morgan fingerprint density at radius 3 is 2.85 bits per heavy atom. The number of hydrazone groups is 1. The van der Waals surface area contributed by atoms with Gasteiger partial charge < -0.3 is 9.52 Å². The van der Waals surface area contributed by atoms with Crippen LogP contribution in [0.2, 0.25) is 0 Å². The number of nitrogens with zero attached hydrogens (tertiary/aromatic N) is 2. The molecule has 0 fully saturated rings. The Balaban J connectivity index is 1.52. The molecule has 0 unspecified atom stereocenters. The Morgan fingerprint density at radius 2 is 2.04 bits per heavy atom. The van der Waals surface area contributed by atoms with Gasteiger partial charge in [0, 0.05) is 5.56 Å². The summed E-state index contributed by atoms with van der Waals surface area (Å²) in [5, 5.41) is 14.1. The number of hydrogen-bond acceptors (Lipinski definition) is 6. The highest BCUT2D eigenvalue weighted by Crippen LogP contribution is 2.28. The summed E-state index contributed by atoms with van der Waals surface area (Å²) in [7, 11) is 0. The van der Waals surface area contributed by atoms with Gasteiger partial charge in [-0.2, -0.15) is 5.10 Å². The van der Waals surface area contributed by atoms with E-state index < -0.39 is 5.97 Å². The summed E-state index contributed by atoms with van der Waals surface area (Å²) in [4.78, 5) is 15.7. The highest BCUT2D eigenvalue weighted by Gasteiger charge is 2.13. The second-order valence-corrected chi connectivity index (χ2v) is 6.87. The molecule has 27 heavy (non-hydrogen) atoms. The van der Waals surface area contributed by atoms with E-state index in [1.165, 1.54) is 11.3 Å². The van der Waals surface area contributed by atoms with E-state index >= 15 is 0 Å². The smallest absolute Gasteiger partial charge is 0.335 e. The quantitative estimate of drug-likeness (QED) is 0.377. The number of carbonyl (C=O) groups is 1. The van der Waals surface area contributed by atoms with Crippen LogP contribution in [0.4, 0.5) is 5.13 Å². The van der Waals surface area contributed by atoms with Crippen molar-refractivity contribution < 1.29 is 14.3 Å². The molecule has 6 nitrogen and oxygen atoms in total. The van der Waals surface area contributed by atoms with Crippen molar-refractivity contribution in [3.8, 4) is 11.3 Å². The molecule has 134 valence electrons. The number of rotatable bonds is 5. The second kappa shape index (κ2) is 7.05. The first-order chi connectivity index (χ1) is 13.1. The number of aromatic nitrogens is 1. The summed E-state index contributed by atoms with van der Waals surface area (Å²) >= 11 is 1.52. The molecule has 4 rings (SSSR count). The largest absolute Gasteiger partial charge is 0.478 e. The van der Waals surface area contributed by atoms with Crippen molar-refractivity contribution in [1.82, 2.24) is 4.98 Å². The van der Waals surface area contributed by atoms with Gasteiger partial charge in [-0.25, -0.2) is 9.78 Å². The van der Waals surface area contributed by atoms with Crippen molar-refractivity contribution in [3.63, 3.8) is 0 Å². The Hall–Kier alpha value is -3.45. The van der Waals surface area contributed by atoms with E-state index in [4.69, 9.17) is 4.42 Å². The summed E-state index contributed by atoms with van der Waals surface area (Å²) < 4.78 is 6.87. The molecule has 0 amide bonds. The van der Waals surface area contributed by atoms with Gasteiger partial charge in [-0.3, -0.25) is 5.43 Å². The molecule has 0 saturated carbocycles. The lowest BCUT2D eigenvalue weighted by molar-refractivity contribution is 0.0696. The standard InChI is InChI=1S/C20H15N3O3S/c1-12-14(5-4-6-15(12)19(24)25)17-10-9-13(26-17)11-21-23-20-22-16-7-2-3-8-18(16)27-20/h2-11H,1H3,(H,22,23)(H,24,25). The molecule has 2 heterocycles. The summed E-state index contributed by atoms with van der Waals surface area (Å²) in [5.41, 5.74) is 5.50. The fourth-order valence-corrected chi connectivity index (χ4v) is 3.59. The van der Waals surface area contributed by atoms with Crippen LogP contribution in [-0.2, 0) is 0 Å². The molecule has 4 aromatic rings. The molecule has 2 aromatic heterocycles. The number of carboxylic acids is 1. The van der Waals surface area contributed by atoms with Gasteiger partial charge in [-0.1, -0.05) is 35.6 Å². The van der Waals surface area contributed by atoms with Crippen LogP contribution in [0, 0.1) is 6.92 Å². The summed E-state index contributed by atoms with van der Waals surface area (Å²) in [6, 6.07) is 16.6. The van der Waals surface area contributed by atoms with Crippen molar-refractivity contribution in [2.45, 2.75) is 6.92 Å². The minimum absolute atomic E-state index is 0.261. The number of carboxylic acid groups (broad SMARTS) is 1. The van der Waals surface area contributed by atoms with E-state index in [1.807, 2.05) is 30.3 Å². The maximum absolute atomic E-state index is 11.3. The Labute approximate surface area is 158 Å². The number of nitrogens with one attached hydrogen (secondary N) is 1. The van der Waals surface area contributed by atoms with Crippen molar-refractivity contribution in [3.05, 3.63) is 71.5 Å². The lowest BCUT2D eigenvalue weighted by Crippen LogP contribution is -2.00. The number of furan rings is 1. The minimum atomic E-state index is -0.956. The summed E-state index contributed by atoms with van der Waals surface area (Å²) in [6.07, 6.45) is 1.56. The van der Waals surface area contributed by atoms with Crippen molar-refractivity contribution in [2.24, 2.45) is 5.10 Å². The zero-order valence-corrected chi connectivity index (χ0v) is 15.2. The average molecular weight is 377 g/mol. The Morgan fingerprint density at radius 1 is 1.19 bits per heavy atom. The molecule has 2 aromatic carbocycles. The van der Waals surface area contributed by atoms with E-state index in [1.54, 1.807) is 37.4 Å². The third-order valence-electron chi connectivity index (χ3n) is 4.10. The van der Waals surface area contributed by atoms with Crippen LogP contribution >= 0.6 is 11.3 Å². The third-order valence-corrected chi connectivity index (χ3v) is 5.04. The summed E-state index contributed by atoms with van der Waals surface area (Å²) in [6.45, 7) is 1.77. The zero-order valence-electron chi connectivity index (χ0n) is 14.3. The van der Waals surface area contributed by atoms with Crippen LogP contribution in [0.3, 0.4) is 0 Å².